The average molecular weight is 335 g/mol. The Hall–Kier alpha value is -2.32. The Labute approximate surface area is 130 Å². The summed E-state index contributed by atoms with van der Waals surface area (Å²) >= 11 is 0. The molecule has 128 valence electrons. The summed E-state index contributed by atoms with van der Waals surface area (Å²) in [5, 5.41) is 5.27. The lowest BCUT2D eigenvalue weighted by atomic mass is 10.3. The number of halogens is 4. The number of nitrogens with one attached hydrogen (secondary N) is 2. The van der Waals surface area contributed by atoms with Gasteiger partial charge in [-0.1, -0.05) is 0 Å². The lowest BCUT2D eigenvalue weighted by Gasteiger charge is -2.10. The number of allylic oxidation sites excluding steroid dienone is 1. The van der Waals surface area contributed by atoms with E-state index in [0.29, 0.717) is 24.2 Å². The minimum absolute atomic E-state index is 0.114. The van der Waals surface area contributed by atoms with E-state index in [-0.39, 0.29) is 12.6 Å². The van der Waals surface area contributed by atoms with Crippen molar-refractivity contribution in [1.82, 2.24) is 10.3 Å². The lowest BCUT2D eigenvalue weighted by Crippen LogP contribution is -2.29. The summed E-state index contributed by atoms with van der Waals surface area (Å²) in [7, 11) is 1.48. The molecule has 1 rings (SSSR count). The first-order chi connectivity index (χ1) is 10.7. The number of methoxy groups -OCH3 is 1. The number of amides is 1. The third-order valence-electron chi connectivity index (χ3n) is 2.64. The number of alkyl halides is 4. The molecule has 1 aromatic rings. The molecule has 0 unspecified atom stereocenters. The van der Waals surface area contributed by atoms with Crippen molar-refractivity contribution in [1.29, 1.82) is 0 Å². The van der Waals surface area contributed by atoms with Gasteiger partial charge in [0.05, 0.1) is 7.11 Å². The maximum atomic E-state index is 12.6. The molecule has 0 bridgehead atoms. The maximum absolute atomic E-state index is 12.6. The summed E-state index contributed by atoms with van der Waals surface area (Å²) in [4.78, 5) is 15.3. The normalized spacial score (nSPS) is 11.8. The molecular weight excluding hydrogens is 318 g/mol. The molecule has 0 aliphatic heterocycles. The van der Waals surface area contributed by atoms with Crippen LogP contribution in [-0.2, 0) is 4.79 Å². The van der Waals surface area contributed by atoms with Crippen LogP contribution < -0.4 is 15.4 Å². The van der Waals surface area contributed by atoms with Crippen LogP contribution in [0.15, 0.2) is 24.3 Å². The molecule has 1 heterocycles. The summed E-state index contributed by atoms with van der Waals surface area (Å²) in [6, 6.07) is 3.41. The van der Waals surface area contributed by atoms with Crippen molar-refractivity contribution in [3.05, 3.63) is 30.0 Å². The van der Waals surface area contributed by atoms with Gasteiger partial charge in [-0.25, -0.2) is 13.8 Å². The largest absolute Gasteiger partial charge is 0.481 e. The molecule has 2 N–H and O–H groups in total. The van der Waals surface area contributed by atoms with Gasteiger partial charge in [0.2, 0.25) is 11.8 Å². The van der Waals surface area contributed by atoms with Gasteiger partial charge in [-0.05, 0) is 19.1 Å². The number of hydrogen-bond donors (Lipinski definition) is 2. The number of anilines is 1. The summed E-state index contributed by atoms with van der Waals surface area (Å²) in [5.74, 6) is -4.77. The van der Waals surface area contributed by atoms with Crippen molar-refractivity contribution in [3.8, 4) is 5.88 Å². The zero-order chi connectivity index (χ0) is 17.5. The number of aryl methyl sites for hydroxylation is 1. The van der Waals surface area contributed by atoms with Gasteiger partial charge in [0.15, 0.2) is 0 Å². The van der Waals surface area contributed by atoms with Crippen molar-refractivity contribution in [2.45, 2.75) is 19.3 Å². The Morgan fingerprint density at radius 1 is 1.39 bits per heavy atom. The minimum Gasteiger partial charge on any atom is -0.481 e. The van der Waals surface area contributed by atoms with E-state index in [1.807, 2.05) is 0 Å². The quantitative estimate of drug-likeness (QED) is 0.435. The highest BCUT2D eigenvalue weighted by Gasteiger charge is 2.37. The SMILES string of the molecule is COc1cc(NCCNC(=O)C=CC(F)(F)C(F)F)cc(C)n1. The van der Waals surface area contributed by atoms with Gasteiger partial charge in [0.1, 0.15) is 0 Å². The van der Waals surface area contributed by atoms with Gasteiger partial charge in [0, 0.05) is 36.6 Å². The first kappa shape index (κ1) is 18.7. The summed E-state index contributed by atoms with van der Waals surface area (Å²) < 4.78 is 53.9. The number of ether oxygens (including phenoxy) is 1. The number of nitrogens with zero attached hydrogens (tertiary/aromatic N) is 1. The molecule has 0 saturated heterocycles. The van der Waals surface area contributed by atoms with Gasteiger partial charge < -0.3 is 15.4 Å². The fourth-order valence-corrected chi connectivity index (χ4v) is 1.56. The smallest absolute Gasteiger partial charge is 0.326 e. The zero-order valence-corrected chi connectivity index (χ0v) is 12.6. The van der Waals surface area contributed by atoms with Gasteiger partial charge in [0.25, 0.3) is 0 Å². The molecule has 1 aromatic heterocycles. The fourth-order valence-electron chi connectivity index (χ4n) is 1.56. The van der Waals surface area contributed by atoms with Crippen molar-refractivity contribution >= 4 is 11.6 Å². The predicted molar refractivity (Wildman–Crippen MR) is 77.1 cm³/mol. The second kappa shape index (κ2) is 8.35. The molecule has 9 heteroatoms. The van der Waals surface area contributed by atoms with Gasteiger partial charge in [-0.15, -0.1) is 0 Å². The van der Waals surface area contributed by atoms with Crippen molar-refractivity contribution in [3.63, 3.8) is 0 Å². The van der Waals surface area contributed by atoms with Gasteiger partial charge in [-0.3, -0.25) is 4.79 Å². The van der Waals surface area contributed by atoms with Crippen molar-refractivity contribution < 1.29 is 27.1 Å². The van der Waals surface area contributed by atoms with Crippen LogP contribution in [0.1, 0.15) is 5.69 Å². The first-order valence-corrected chi connectivity index (χ1v) is 6.64. The molecule has 0 aromatic carbocycles. The van der Waals surface area contributed by atoms with Crippen LogP contribution in [0.4, 0.5) is 23.2 Å². The van der Waals surface area contributed by atoms with E-state index in [1.54, 1.807) is 19.1 Å². The molecule has 5 nitrogen and oxygen atoms in total. The predicted octanol–water partition coefficient (Wildman–Crippen LogP) is 2.38. The third kappa shape index (κ3) is 6.54. The topological polar surface area (TPSA) is 63.2 Å². The molecule has 0 fully saturated rings. The Morgan fingerprint density at radius 3 is 2.70 bits per heavy atom. The van der Waals surface area contributed by atoms with Crippen LogP contribution in [0.3, 0.4) is 0 Å². The molecule has 0 radical (unpaired) electrons. The van der Waals surface area contributed by atoms with Crippen LogP contribution in [0, 0.1) is 6.92 Å². The van der Waals surface area contributed by atoms with Crippen LogP contribution in [0.5, 0.6) is 5.88 Å². The Bertz CT molecular complexity index is 565. The van der Waals surface area contributed by atoms with E-state index in [9.17, 15) is 22.4 Å². The van der Waals surface area contributed by atoms with Crippen molar-refractivity contribution in [2.75, 3.05) is 25.5 Å². The van der Waals surface area contributed by atoms with E-state index in [1.165, 1.54) is 7.11 Å². The van der Waals surface area contributed by atoms with E-state index < -0.39 is 18.3 Å². The molecule has 0 atom stereocenters. The molecule has 0 spiro atoms. The van der Waals surface area contributed by atoms with E-state index in [4.69, 9.17) is 4.74 Å². The third-order valence-corrected chi connectivity index (χ3v) is 2.64. The van der Waals surface area contributed by atoms with Crippen LogP contribution >= 0.6 is 0 Å². The van der Waals surface area contributed by atoms with E-state index in [0.717, 1.165) is 5.69 Å². The second-order valence-corrected chi connectivity index (χ2v) is 4.57. The number of aromatic nitrogens is 1. The summed E-state index contributed by atoms with van der Waals surface area (Å²) in [5.41, 5.74) is 1.44. The monoisotopic (exact) mass is 335 g/mol. The van der Waals surface area contributed by atoms with E-state index in [2.05, 4.69) is 15.6 Å². The van der Waals surface area contributed by atoms with Gasteiger partial charge >= 0.3 is 12.3 Å². The Balaban J connectivity index is 2.39. The summed E-state index contributed by atoms with van der Waals surface area (Å²) in [6.07, 6.45) is -3.57. The minimum atomic E-state index is -4.32. The molecule has 1 amide bonds. The first-order valence-electron chi connectivity index (χ1n) is 6.64. The lowest BCUT2D eigenvalue weighted by molar-refractivity contribution is -0.117. The highest BCUT2D eigenvalue weighted by Crippen LogP contribution is 2.23. The van der Waals surface area contributed by atoms with Crippen LogP contribution in [0.25, 0.3) is 0 Å². The zero-order valence-electron chi connectivity index (χ0n) is 12.6. The van der Waals surface area contributed by atoms with Crippen LogP contribution in [0.2, 0.25) is 0 Å². The van der Waals surface area contributed by atoms with Crippen molar-refractivity contribution in [2.24, 2.45) is 0 Å². The summed E-state index contributed by atoms with van der Waals surface area (Å²) in [6.45, 7) is 2.20. The molecule has 0 aliphatic carbocycles. The Kier molecular flexibility index (Phi) is 6.80. The highest BCUT2D eigenvalue weighted by atomic mass is 19.3. The van der Waals surface area contributed by atoms with Gasteiger partial charge in [-0.2, -0.15) is 8.78 Å². The Morgan fingerprint density at radius 2 is 2.09 bits per heavy atom. The number of rotatable bonds is 8. The molecule has 0 saturated carbocycles. The van der Waals surface area contributed by atoms with Crippen LogP contribution in [-0.4, -0.2) is 43.4 Å². The highest BCUT2D eigenvalue weighted by molar-refractivity contribution is 5.87. The number of hydrogen-bond acceptors (Lipinski definition) is 4. The average Bonchev–Trinajstić information content (AvgIpc) is 2.49. The fraction of sp³-hybridized carbons (Fsp3) is 0.429. The molecule has 0 aliphatic rings. The maximum Gasteiger partial charge on any atom is 0.326 e. The molecular formula is C14H17F4N3O2. The standard InChI is InChI=1S/C14H17F4N3O2/c1-9-7-10(8-12(21-9)23-2)19-5-6-20-11(22)3-4-14(17,18)13(15)16/h3-4,7-8,13H,5-6H2,1-2H3,(H,19,21)(H,20,22). The number of carbonyl (C=O) groups is 1. The number of pyridine rings is 1. The number of carbonyl (C=O) groups excluding carboxylic acids is 1. The molecule has 23 heavy (non-hydrogen) atoms. The van der Waals surface area contributed by atoms with E-state index >= 15 is 0 Å². The second-order valence-electron chi connectivity index (χ2n) is 4.57.